The van der Waals surface area contributed by atoms with Crippen LogP contribution in [0.15, 0.2) is 0 Å². The monoisotopic (exact) mass is 534 g/mol. The Morgan fingerprint density at radius 2 is 1.50 bits per heavy atom. The molecular formula is C26H43BN4O7. The van der Waals surface area contributed by atoms with Gasteiger partial charge in [0.1, 0.15) is 6.04 Å². The smallest absolute Gasteiger partial charge is 0.243 e. The Balaban J connectivity index is 2.45. The van der Waals surface area contributed by atoms with Crippen molar-refractivity contribution in [2.45, 2.75) is 110 Å². The maximum absolute atomic E-state index is 12.5. The standard InChI is InChI=1S/C26H43BN4O7/c1-16(2)22(24(37)28-17(3)23(27)36)29-18(32)10-12-26(6,7)38-15-13-25(4,5)30-19(33)11-14-31-20(34)8-9-21(31)35/h16-17,22H,8-15H2,1-7H3,(H,28,37)(H,29,32)(H,30,33)/t17-,22?/m0/s1. The molecule has 0 spiro atoms. The summed E-state index contributed by atoms with van der Waals surface area (Å²) >= 11 is 0. The second-order valence-corrected chi connectivity index (χ2v) is 11.4. The average molecular weight is 534 g/mol. The lowest BCUT2D eigenvalue weighted by Gasteiger charge is -2.30. The summed E-state index contributed by atoms with van der Waals surface area (Å²) in [5, 5.41) is 8.14. The largest absolute Gasteiger partial charge is 0.375 e. The molecule has 212 valence electrons. The van der Waals surface area contributed by atoms with Gasteiger partial charge in [0, 0.05) is 44.4 Å². The lowest BCUT2D eigenvalue weighted by atomic mass is 9.95. The summed E-state index contributed by atoms with van der Waals surface area (Å²) in [6.07, 6.45) is 1.47. The Kier molecular flexibility index (Phi) is 12.6. The van der Waals surface area contributed by atoms with Gasteiger partial charge in [-0.15, -0.1) is 0 Å². The van der Waals surface area contributed by atoms with Gasteiger partial charge in [-0.2, -0.15) is 0 Å². The van der Waals surface area contributed by atoms with Crippen molar-refractivity contribution in [2.75, 3.05) is 13.2 Å². The minimum absolute atomic E-state index is 0.0409. The zero-order chi connectivity index (χ0) is 29.3. The van der Waals surface area contributed by atoms with E-state index in [-0.39, 0.29) is 61.8 Å². The molecule has 3 N–H and O–H groups in total. The van der Waals surface area contributed by atoms with E-state index in [0.717, 1.165) is 4.90 Å². The van der Waals surface area contributed by atoms with Crippen molar-refractivity contribution in [1.29, 1.82) is 0 Å². The fourth-order valence-corrected chi connectivity index (χ4v) is 3.81. The third-order valence-corrected chi connectivity index (χ3v) is 6.42. The molecule has 0 aliphatic carbocycles. The van der Waals surface area contributed by atoms with Crippen molar-refractivity contribution in [3.05, 3.63) is 0 Å². The third-order valence-electron chi connectivity index (χ3n) is 6.42. The molecule has 1 heterocycles. The number of carbonyl (C=O) groups is 6. The maximum atomic E-state index is 12.5. The predicted molar refractivity (Wildman–Crippen MR) is 142 cm³/mol. The van der Waals surface area contributed by atoms with E-state index in [1.807, 2.05) is 27.7 Å². The van der Waals surface area contributed by atoms with Gasteiger partial charge in [0.05, 0.1) is 17.3 Å². The van der Waals surface area contributed by atoms with Crippen molar-refractivity contribution in [1.82, 2.24) is 20.9 Å². The van der Waals surface area contributed by atoms with Crippen molar-refractivity contribution in [3.8, 4) is 0 Å². The normalized spacial score (nSPS) is 15.8. The van der Waals surface area contributed by atoms with E-state index in [4.69, 9.17) is 12.6 Å². The van der Waals surface area contributed by atoms with E-state index in [9.17, 15) is 28.8 Å². The highest BCUT2D eigenvalue weighted by molar-refractivity contribution is 6.59. The van der Waals surface area contributed by atoms with E-state index >= 15 is 0 Å². The molecular weight excluding hydrogens is 491 g/mol. The van der Waals surface area contributed by atoms with Crippen molar-refractivity contribution in [2.24, 2.45) is 5.92 Å². The molecule has 1 rings (SSSR count). The van der Waals surface area contributed by atoms with E-state index in [1.165, 1.54) is 6.92 Å². The molecule has 1 saturated heterocycles. The lowest BCUT2D eigenvalue weighted by molar-refractivity contribution is -0.138. The zero-order valence-electron chi connectivity index (χ0n) is 23.8. The van der Waals surface area contributed by atoms with Crippen LogP contribution in [0.4, 0.5) is 0 Å². The van der Waals surface area contributed by atoms with Crippen LogP contribution in [0.25, 0.3) is 0 Å². The van der Waals surface area contributed by atoms with Crippen LogP contribution in [-0.4, -0.2) is 84.3 Å². The number of nitrogens with one attached hydrogen (secondary N) is 3. The van der Waals surface area contributed by atoms with E-state index in [0.29, 0.717) is 19.4 Å². The van der Waals surface area contributed by atoms with Crippen LogP contribution in [0.2, 0.25) is 0 Å². The number of nitrogens with zero attached hydrogens (tertiary/aromatic N) is 1. The molecule has 2 radical (unpaired) electrons. The first-order valence-electron chi connectivity index (χ1n) is 13.1. The fourth-order valence-electron chi connectivity index (χ4n) is 3.81. The number of imide groups is 1. The number of hydrogen-bond acceptors (Lipinski definition) is 7. The Labute approximate surface area is 227 Å². The topological polar surface area (TPSA) is 151 Å². The van der Waals surface area contributed by atoms with Gasteiger partial charge in [-0.3, -0.25) is 28.9 Å². The van der Waals surface area contributed by atoms with Crippen LogP contribution in [-0.2, 0) is 33.5 Å². The van der Waals surface area contributed by atoms with Crippen LogP contribution in [0.1, 0.15) is 87.0 Å². The van der Waals surface area contributed by atoms with Crippen LogP contribution >= 0.6 is 0 Å². The molecule has 2 atom stereocenters. The van der Waals surface area contributed by atoms with Crippen LogP contribution in [0, 0.1) is 5.92 Å². The number of amides is 5. The van der Waals surface area contributed by atoms with Gasteiger partial charge in [0.2, 0.25) is 29.5 Å². The van der Waals surface area contributed by atoms with Gasteiger partial charge in [-0.05, 0) is 53.4 Å². The molecule has 11 nitrogen and oxygen atoms in total. The quantitative estimate of drug-likeness (QED) is 0.195. The maximum Gasteiger partial charge on any atom is 0.243 e. The SMILES string of the molecule is [B]C(=O)[C@H](C)NC(=O)C(NC(=O)CCC(C)(C)OCCC(C)(C)NC(=O)CCN1C(=O)CCC1=O)C(C)C. The highest BCUT2D eigenvalue weighted by Crippen LogP contribution is 2.20. The third kappa shape index (κ3) is 11.7. The molecule has 0 bridgehead atoms. The lowest BCUT2D eigenvalue weighted by Crippen LogP contribution is -2.53. The molecule has 1 fully saturated rings. The summed E-state index contributed by atoms with van der Waals surface area (Å²) in [5.41, 5.74) is -1.88. The van der Waals surface area contributed by atoms with E-state index in [2.05, 4.69) is 16.0 Å². The minimum Gasteiger partial charge on any atom is -0.375 e. The molecule has 12 heteroatoms. The van der Waals surface area contributed by atoms with Crippen molar-refractivity contribution < 1.29 is 33.5 Å². The molecule has 5 amide bonds. The molecule has 0 aromatic carbocycles. The van der Waals surface area contributed by atoms with Crippen LogP contribution in [0.5, 0.6) is 0 Å². The van der Waals surface area contributed by atoms with Crippen molar-refractivity contribution in [3.63, 3.8) is 0 Å². The van der Waals surface area contributed by atoms with Crippen molar-refractivity contribution >= 4 is 43.1 Å². The summed E-state index contributed by atoms with van der Waals surface area (Å²) in [4.78, 5) is 73.1. The zero-order valence-corrected chi connectivity index (χ0v) is 23.8. The Hall–Kier alpha value is -2.76. The second kappa shape index (κ2) is 14.4. The Morgan fingerprint density at radius 3 is 2.03 bits per heavy atom. The number of likely N-dealkylation sites (tertiary alicyclic amines) is 1. The summed E-state index contributed by atoms with van der Waals surface area (Å²) in [6.45, 7) is 12.9. The second-order valence-electron chi connectivity index (χ2n) is 11.4. The number of ether oxygens (including phenoxy) is 1. The van der Waals surface area contributed by atoms with Gasteiger partial charge < -0.3 is 25.5 Å². The van der Waals surface area contributed by atoms with E-state index in [1.54, 1.807) is 13.8 Å². The minimum atomic E-state index is -0.847. The number of rotatable bonds is 16. The first-order valence-corrected chi connectivity index (χ1v) is 13.1. The number of hydrogen-bond donors (Lipinski definition) is 3. The molecule has 1 aliphatic heterocycles. The van der Waals surface area contributed by atoms with Gasteiger partial charge in [0.15, 0.2) is 7.85 Å². The number of carbonyl (C=O) groups excluding carboxylic acids is 6. The molecule has 0 aromatic rings. The molecule has 1 unspecified atom stereocenters. The summed E-state index contributed by atoms with van der Waals surface area (Å²) in [6, 6.07) is -1.65. The van der Waals surface area contributed by atoms with Crippen LogP contribution in [0.3, 0.4) is 0 Å². The predicted octanol–water partition coefficient (Wildman–Crippen LogP) is 0.726. The van der Waals surface area contributed by atoms with Gasteiger partial charge >= 0.3 is 0 Å². The van der Waals surface area contributed by atoms with Gasteiger partial charge in [-0.25, -0.2) is 0 Å². The van der Waals surface area contributed by atoms with Crippen LogP contribution < -0.4 is 16.0 Å². The summed E-state index contributed by atoms with van der Waals surface area (Å²) in [7, 11) is 5.19. The molecule has 1 aliphatic rings. The fraction of sp³-hybridized carbons (Fsp3) is 0.769. The molecule has 38 heavy (non-hydrogen) atoms. The Bertz CT molecular complexity index is 888. The van der Waals surface area contributed by atoms with Gasteiger partial charge in [0.25, 0.3) is 0 Å². The summed E-state index contributed by atoms with van der Waals surface area (Å²) in [5.74, 6) is -1.73. The Morgan fingerprint density at radius 1 is 0.921 bits per heavy atom. The van der Waals surface area contributed by atoms with E-state index < -0.39 is 34.8 Å². The van der Waals surface area contributed by atoms with Gasteiger partial charge in [-0.1, -0.05) is 13.8 Å². The molecule has 0 saturated carbocycles. The highest BCUT2D eigenvalue weighted by Gasteiger charge is 2.30. The summed E-state index contributed by atoms with van der Waals surface area (Å²) < 4.78 is 5.99. The first kappa shape index (κ1) is 33.3. The average Bonchev–Trinajstić information content (AvgIpc) is 3.10. The highest BCUT2D eigenvalue weighted by atomic mass is 16.5. The first-order chi connectivity index (χ1) is 17.4. The molecule has 0 aromatic heterocycles.